The second-order valence-corrected chi connectivity index (χ2v) is 9.74. The largest absolute Gasteiger partial charge is 0.494 e. The number of hydrogen-bond acceptors (Lipinski definition) is 5. The highest BCUT2D eigenvalue weighted by molar-refractivity contribution is 6.08. The van der Waals surface area contributed by atoms with E-state index in [1.54, 1.807) is 18.2 Å². The zero-order valence-corrected chi connectivity index (χ0v) is 18.5. The highest BCUT2D eigenvalue weighted by Crippen LogP contribution is 2.44. The summed E-state index contributed by atoms with van der Waals surface area (Å²) in [7, 11) is 1.53. The van der Waals surface area contributed by atoms with Crippen LogP contribution in [0.15, 0.2) is 36.4 Å². The smallest absolute Gasteiger partial charge is 0.241 e. The average Bonchev–Trinajstić information content (AvgIpc) is 3.26. The first-order valence-corrected chi connectivity index (χ1v) is 10.5. The lowest BCUT2D eigenvalue weighted by Crippen LogP contribution is -2.36. The summed E-state index contributed by atoms with van der Waals surface area (Å²) in [6, 6.07) is 10.8. The third-order valence-corrected chi connectivity index (χ3v) is 6.02. The van der Waals surface area contributed by atoms with Crippen molar-refractivity contribution in [2.75, 3.05) is 30.0 Å². The van der Waals surface area contributed by atoms with Gasteiger partial charge in [-0.2, -0.15) is 0 Å². The van der Waals surface area contributed by atoms with Crippen LogP contribution in [0.1, 0.15) is 38.3 Å². The van der Waals surface area contributed by atoms with Crippen LogP contribution in [-0.2, 0) is 21.4 Å². The Morgan fingerprint density at radius 1 is 1.26 bits per heavy atom. The van der Waals surface area contributed by atoms with Gasteiger partial charge in [-0.15, -0.1) is 0 Å². The highest BCUT2D eigenvalue weighted by Gasteiger charge is 2.53. The molecule has 0 bridgehead atoms. The lowest BCUT2D eigenvalue weighted by molar-refractivity contribution is -0.120. The van der Waals surface area contributed by atoms with Crippen molar-refractivity contribution < 1.29 is 14.3 Å². The van der Waals surface area contributed by atoms with Crippen LogP contribution in [0.3, 0.4) is 0 Å². The number of amides is 2. The van der Waals surface area contributed by atoms with Gasteiger partial charge in [-0.25, -0.2) is 0 Å². The number of hydrogen-bond donors (Lipinski definition) is 4. The minimum atomic E-state index is -0.740. The molecule has 2 unspecified atom stereocenters. The van der Waals surface area contributed by atoms with Crippen LogP contribution >= 0.6 is 0 Å². The monoisotopic (exact) mass is 422 g/mol. The maximum Gasteiger partial charge on any atom is 0.241 e. The molecule has 164 valence electrons. The normalized spacial score (nSPS) is 22.3. The van der Waals surface area contributed by atoms with Crippen LogP contribution in [0, 0.1) is 5.41 Å². The van der Waals surface area contributed by atoms with Crippen molar-refractivity contribution in [3.05, 3.63) is 47.5 Å². The molecule has 2 aromatic rings. The molecule has 31 heavy (non-hydrogen) atoms. The van der Waals surface area contributed by atoms with Crippen LogP contribution in [0.4, 0.5) is 17.1 Å². The van der Waals surface area contributed by atoms with Gasteiger partial charge in [0.1, 0.15) is 5.75 Å². The molecule has 1 saturated heterocycles. The third-order valence-electron chi connectivity index (χ3n) is 6.02. The molecule has 4 rings (SSSR count). The molecule has 7 heteroatoms. The fourth-order valence-corrected chi connectivity index (χ4v) is 4.57. The minimum absolute atomic E-state index is 0.0525. The Labute approximate surface area is 182 Å². The first kappa shape index (κ1) is 21.2. The number of ether oxygens (including phenoxy) is 1. The summed E-state index contributed by atoms with van der Waals surface area (Å²) in [5.41, 5.74) is 9.32. The lowest BCUT2D eigenvalue weighted by atomic mass is 9.78. The topological polar surface area (TPSA) is 105 Å². The molecule has 2 aliphatic heterocycles. The zero-order valence-electron chi connectivity index (χ0n) is 18.5. The Morgan fingerprint density at radius 3 is 2.74 bits per heavy atom. The standard InChI is InChI=1S/C24H30N4O3/c1-23(2,3)11-14-5-7-17-16(9-14)24(22(30)28-17)12-19(26-13-24)21(29)27-18-8-6-15(25)10-20(18)31-4/h5-10,19,26H,11-13,25H2,1-4H3,(H,27,29)(H,28,30). The Hall–Kier alpha value is -3.06. The lowest BCUT2D eigenvalue weighted by Gasteiger charge is -2.23. The molecule has 2 atom stereocenters. The zero-order chi connectivity index (χ0) is 22.4. The van der Waals surface area contributed by atoms with E-state index >= 15 is 0 Å². The average molecular weight is 423 g/mol. The predicted molar refractivity (Wildman–Crippen MR) is 122 cm³/mol. The van der Waals surface area contributed by atoms with Crippen molar-refractivity contribution >= 4 is 28.9 Å². The first-order chi connectivity index (χ1) is 14.6. The number of carbonyl (C=O) groups is 2. The van der Waals surface area contributed by atoms with Crippen LogP contribution in [0.25, 0.3) is 0 Å². The number of carbonyl (C=O) groups excluding carboxylic acids is 2. The van der Waals surface area contributed by atoms with Crippen LogP contribution in [0.2, 0.25) is 0 Å². The fourth-order valence-electron chi connectivity index (χ4n) is 4.57. The molecule has 2 heterocycles. The van der Waals surface area contributed by atoms with E-state index in [2.05, 4.69) is 48.9 Å². The summed E-state index contributed by atoms with van der Waals surface area (Å²) in [5.74, 6) is 0.243. The molecule has 0 radical (unpaired) electrons. The third kappa shape index (κ3) is 3.97. The number of anilines is 3. The van der Waals surface area contributed by atoms with Crippen LogP contribution in [0.5, 0.6) is 5.75 Å². The Bertz CT molecular complexity index is 1040. The van der Waals surface area contributed by atoms with Gasteiger partial charge in [0.15, 0.2) is 0 Å². The summed E-state index contributed by atoms with van der Waals surface area (Å²) in [5, 5.41) is 9.17. The predicted octanol–water partition coefficient (Wildman–Crippen LogP) is 3.06. The summed E-state index contributed by atoms with van der Waals surface area (Å²) in [4.78, 5) is 26.0. The summed E-state index contributed by atoms with van der Waals surface area (Å²) >= 11 is 0. The van der Waals surface area contributed by atoms with Crippen LogP contribution in [-0.4, -0.2) is 31.5 Å². The van der Waals surface area contributed by atoms with E-state index in [1.165, 1.54) is 12.7 Å². The van der Waals surface area contributed by atoms with E-state index in [-0.39, 0.29) is 17.2 Å². The number of methoxy groups -OCH3 is 1. The molecule has 1 spiro atoms. The van der Waals surface area contributed by atoms with E-state index < -0.39 is 11.5 Å². The Kier molecular flexibility index (Phi) is 5.17. The van der Waals surface area contributed by atoms with Crippen molar-refractivity contribution in [3.8, 4) is 5.75 Å². The van der Waals surface area contributed by atoms with E-state index in [0.29, 0.717) is 30.1 Å². The number of rotatable bonds is 4. The molecule has 2 aromatic carbocycles. The van der Waals surface area contributed by atoms with Crippen molar-refractivity contribution in [1.29, 1.82) is 0 Å². The van der Waals surface area contributed by atoms with Crippen molar-refractivity contribution in [2.45, 2.75) is 45.1 Å². The Morgan fingerprint density at radius 2 is 2.03 bits per heavy atom. The van der Waals surface area contributed by atoms with Gasteiger partial charge in [-0.1, -0.05) is 32.9 Å². The van der Waals surface area contributed by atoms with Crippen LogP contribution < -0.4 is 26.4 Å². The SMILES string of the molecule is COc1cc(N)ccc1NC(=O)C1CC2(CN1)C(=O)Nc1ccc(CC(C)(C)C)cc12. The van der Waals surface area contributed by atoms with E-state index in [4.69, 9.17) is 10.5 Å². The minimum Gasteiger partial charge on any atom is -0.494 e. The van der Waals surface area contributed by atoms with E-state index in [9.17, 15) is 9.59 Å². The number of fused-ring (bicyclic) bond motifs is 2. The molecule has 0 saturated carbocycles. The van der Waals surface area contributed by atoms with Gasteiger partial charge < -0.3 is 26.4 Å². The number of benzene rings is 2. The van der Waals surface area contributed by atoms with Crippen molar-refractivity contribution in [2.24, 2.45) is 5.41 Å². The second kappa shape index (κ2) is 7.57. The fraction of sp³-hybridized carbons (Fsp3) is 0.417. The quantitative estimate of drug-likeness (QED) is 0.567. The Balaban J connectivity index is 1.56. The molecule has 7 nitrogen and oxygen atoms in total. The van der Waals surface area contributed by atoms with Gasteiger partial charge in [0.2, 0.25) is 11.8 Å². The van der Waals surface area contributed by atoms with Crippen molar-refractivity contribution in [3.63, 3.8) is 0 Å². The van der Waals surface area contributed by atoms with Crippen molar-refractivity contribution in [1.82, 2.24) is 5.32 Å². The van der Waals surface area contributed by atoms with E-state index in [1.807, 2.05) is 6.07 Å². The first-order valence-electron chi connectivity index (χ1n) is 10.5. The van der Waals surface area contributed by atoms with Gasteiger partial charge >= 0.3 is 0 Å². The summed E-state index contributed by atoms with van der Waals surface area (Å²) < 4.78 is 5.32. The van der Waals surface area contributed by atoms with Gasteiger partial charge in [0.05, 0.1) is 24.3 Å². The molecule has 2 amide bonds. The summed E-state index contributed by atoms with van der Waals surface area (Å²) in [6.07, 6.45) is 1.31. The molecule has 5 N–H and O–H groups in total. The molecule has 2 aliphatic rings. The number of nitrogens with two attached hydrogens (primary N) is 1. The van der Waals surface area contributed by atoms with Gasteiger partial charge in [-0.05, 0) is 47.6 Å². The van der Waals surface area contributed by atoms with Gasteiger partial charge in [0.25, 0.3) is 0 Å². The number of nitrogen functional groups attached to an aromatic ring is 1. The van der Waals surface area contributed by atoms with Gasteiger partial charge in [0, 0.05) is 24.0 Å². The highest BCUT2D eigenvalue weighted by atomic mass is 16.5. The van der Waals surface area contributed by atoms with Gasteiger partial charge in [-0.3, -0.25) is 9.59 Å². The second-order valence-electron chi connectivity index (χ2n) is 9.74. The number of nitrogens with one attached hydrogen (secondary N) is 3. The maximum atomic E-state index is 13.0. The summed E-state index contributed by atoms with van der Waals surface area (Å²) in [6.45, 7) is 7.01. The molecular weight excluding hydrogens is 392 g/mol. The molecular formula is C24H30N4O3. The maximum absolute atomic E-state index is 13.0. The molecule has 0 aliphatic carbocycles. The molecule has 0 aromatic heterocycles. The van der Waals surface area contributed by atoms with E-state index in [0.717, 1.165) is 17.7 Å². The molecule has 1 fully saturated rings.